The lowest BCUT2D eigenvalue weighted by atomic mass is 9.81. The van der Waals surface area contributed by atoms with Gasteiger partial charge in [0.15, 0.2) is 5.96 Å². The molecule has 3 rings (SSSR count). The van der Waals surface area contributed by atoms with E-state index in [2.05, 4.69) is 27.6 Å². The van der Waals surface area contributed by atoms with Crippen molar-refractivity contribution in [3.63, 3.8) is 0 Å². The number of aliphatic hydroxyl groups is 1. The van der Waals surface area contributed by atoms with Gasteiger partial charge in [0.25, 0.3) is 0 Å². The first kappa shape index (κ1) is 18.1. The molecule has 140 valence electrons. The number of ether oxygens (including phenoxy) is 1. The molecular weight excluding hydrogens is 320 g/mol. The molecule has 0 bridgehead atoms. The van der Waals surface area contributed by atoms with Gasteiger partial charge in [0.2, 0.25) is 0 Å². The molecule has 1 unspecified atom stereocenters. The van der Waals surface area contributed by atoms with Gasteiger partial charge in [0, 0.05) is 37.6 Å². The van der Waals surface area contributed by atoms with Gasteiger partial charge in [-0.3, -0.25) is 4.99 Å². The number of rotatable bonds is 5. The molecule has 1 saturated heterocycles. The normalized spacial score (nSPS) is 23.2. The summed E-state index contributed by atoms with van der Waals surface area (Å²) in [6.07, 6.45) is 3.66. The molecule has 1 fully saturated rings. The standard InChI is InChI=1S/C17H30N6O2/c1-3-18-16(19-11-17(12-24)6-8-25-9-7-17)21-14-4-5-15-20-13(2)22-23(15)10-14/h14,24H,3-12H2,1-2H3,(H2,18,19,21). The lowest BCUT2D eigenvalue weighted by Gasteiger charge is -2.34. The van der Waals surface area contributed by atoms with Gasteiger partial charge in [-0.1, -0.05) is 0 Å². The van der Waals surface area contributed by atoms with Crippen molar-refractivity contribution in [1.82, 2.24) is 25.4 Å². The molecular formula is C17H30N6O2. The van der Waals surface area contributed by atoms with E-state index in [0.29, 0.717) is 19.8 Å². The van der Waals surface area contributed by atoms with Crippen molar-refractivity contribution in [1.29, 1.82) is 0 Å². The Labute approximate surface area is 149 Å². The predicted octanol–water partition coefficient (Wildman–Crippen LogP) is 0.246. The first-order valence-corrected chi connectivity index (χ1v) is 9.28. The quantitative estimate of drug-likeness (QED) is 0.520. The number of nitrogens with zero attached hydrogens (tertiary/aromatic N) is 4. The summed E-state index contributed by atoms with van der Waals surface area (Å²) in [4.78, 5) is 9.23. The van der Waals surface area contributed by atoms with Crippen LogP contribution < -0.4 is 10.6 Å². The van der Waals surface area contributed by atoms with Gasteiger partial charge >= 0.3 is 0 Å². The van der Waals surface area contributed by atoms with Gasteiger partial charge in [-0.25, -0.2) is 9.67 Å². The number of aromatic nitrogens is 3. The van der Waals surface area contributed by atoms with E-state index < -0.39 is 0 Å². The second kappa shape index (κ2) is 8.14. The summed E-state index contributed by atoms with van der Waals surface area (Å²) in [5.74, 6) is 2.71. The van der Waals surface area contributed by atoms with E-state index in [1.165, 1.54) is 0 Å². The van der Waals surface area contributed by atoms with E-state index >= 15 is 0 Å². The van der Waals surface area contributed by atoms with Crippen molar-refractivity contribution in [2.24, 2.45) is 10.4 Å². The Hall–Kier alpha value is -1.67. The molecule has 2 aliphatic heterocycles. The lowest BCUT2D eigenvalue weighted by Crippen LogP contribution is -2.48. The van der Waals surface area contributed by atoms with Crippen LogP contribution in [0, 0.1) is 12.3 Å². The average molecular weight is 350 g/mol. The highest BCUT2D eigenvalue weighted by Gasteiger charge is 2.32. The Morgan fingerprint density at radius 2 is 2.24 bits per heavy atom. The highest BCUT2D eigenvalue weighted by atomic mass is 16.5. The number of hydrogen-bond donors (Lipinski definition) is 3. The minimum absolute atomic E-state index is 0.149. The molecule has 0 aliphatic carbocycles. The van der Waals surface area contributed by atoms with E-state index in [4.69, 9.17) is 9.73 Å². The number of guanidine groups is 1. The second-order valence-corrected chi connectivity index (χ2v) is 7.10. The van der Waals surface area contributed by atoms with Gasteiger partial charge < -0.3 is 20.5 Å². The van der Waals surface area contributed by atoms with Gasteiger partial charge in [0.05, 0.1) is 19.7 Å². The van der Waals surface area contributed by atoms with Gasteiger partial charge in [0.1, 0.15) is 11.6 Å². The van der Waals surface area contributed by atoms with Crippen LogP contribution in [0.25, 0.3) is 0 Å². The third kappa shape index (κ3) is 4.49. The van der Waals surface area contributed by atoms with Crippen LogP contribution in [0.2, 0.25) is 0 Å². The highest BCUT2D eigenvalue weighted by Crippen LogP contribution is 2.30. The van der Waals surface area contributed by atoms with Crippen LogP contribution in [-0.4, -0.2) is 64.8 Å². The minimum Gasteiger partial charge on any atom is -0.396 e. The Morgan fingerprint density at radius 1 is 1.44 bits per heavy atom. The largest absolute Gasteiger partial charge is 0.396 e. The summed E-state index contributed by atoms with van der Waals surface area (Å²) in [6, 6.07) is 0.283. The van der Waals surface area contributed by atoms with Gasteiger partial charge in [-0.15, -0.1) is 0 Å². The van der Waals surface area contributed by atoms with Crippen molar-refractivity contribution < 1.29 is 9.84 Å². The number of aliphatic imine (C=N–C) groups is 1. The van der Waals surface area contributed by atoms with Crippen LogP contribution in [0.3, 0.4) is 0 Å². The molecule has 3 N–H and O–H groups in total. The molecule has 2 aliphatic rings. The number of nitrogens with one attached hydrogen (secondary N) is 2. The maximum atomic E-state index is 9.83. The number of fused-ring (bicyclic) bond motifs is 1. The third-order valence-electron chi connectivity index (χ3n) is 5.11. The SMILES string of the molecule is CCNC(=NCC1(CO)CCOCC1)NC1CCc2nc(C)nn2C1. The molecule has 1 aromatic heterocycles. The fourth-order valence-electron chi connectivity index (χ4n) is 3.48. The molecule has 0 aromatic carbocycles. The molecule has 0 amide bonds. The predicted molar refractivity (Wildman–Crippen MR) is 95.6 cm³/mol. The monoisotopic (exact) mass is 350 g/mol. The summed E-state index contributed by atoms with van der Waals surface area (Å²) >= 11 is 0. The van der Waals surface area contributed by atoms with E-state index in [1.807, 2.05) is 11.6 Å². The summed E-state index contributed by atoms with van der Waals surface area (Å²) in [5.41, 5.74) is -0.149. The molecule has 8 heteroatoms. The van der Waals surface area contributed by atoms with Crippen LogP contribution in [0.5, 0.6) is 0 Å². The maximum absolute atomic E-state index is 9.83. The molecule has 0 radical (unpaired) electrons. The first-order valence-electron chi connectivity index (χ1n) is 9.28. The van der Waals surface area contributed by atoms with Crippen LogP contribution >= 0.6 is 0 Å². The number of aliphatic hydroxyl groups excluding tert-OH is 1. The number of aryl methyl sites for hydroxylation is 2. The molecule has 1 aromatic rings. The van der Waals surface area contributed by atoms with Crippen LogP contribution in [0.1, 0.15) is 37.8 Å². The smallest absolute Gasteiger partial charge is 0.191 e. The molecule has 0 spiro atoms. The van der Waals surface area contributed by atoms with Crippen molar-refractivity contribution in [3.05, 3.63) is 11.6 Å². The fraction of sp³-hybridized carbons (Fsp3) is 0.824. The second-order valence-electron chi connectivity index (χ2n) is 7.10. The molecule has 8 nitrogen and oxygen atoms in total. The maximum Gasteiger partial charge on any atom is 0.191 e. The Balaban J connectivity index is 1.62. The van der Waals surface area contributed by atoms with Gasteiger partial charge in [-0.2, -0.15) is 5.10 Å². The van der Waals surface area contributed by atoms with Crippen molar-refractivity contribution in [2.75, 3.05) is 32.9 Å². The zero-order chi connectivity index (χ0) is 17.7. The topological polar surface area (TPSA) is 96.6 Å². The summed E-state index contributed by atoms with van der Waals surface area (Å²) in [6.45, 7) is 7.79. The van der Waals surface area contributed by atoms with E-state index in [-0.39, 0.29) is 18.1 Å². The van der Waals surface area contributed by atoms with Crippen molar-refractivity contribution in [3.8, 4) is 0 Å². The zero-order valence-corrected chi connectivity index (χ0v) is 15.3. The van der Waals surface area contributed by atoms with Crippen LogP contribution in [0.4, 0.5) is 0 Å². The van der Waals surface area contributed by atoms with E-state index in [9.17, 15) is 5.11 Å². The Bertz CT molecular complexity index is 594. The zero-order valence-electron chi connectivity index (χ0n) is 15.3. The van der Waals surface area contributed by atoms with E-state index in [1.54, 1.807) is 0 Å². The summed E-state index contributed by atoms with van der Waals surface area (Å²) < 4.78 is 7.43. The van der Waals surface area contributed by atoms with Crippen molar-refractivity contribution >= 4 is 5.96 Å². The third-order valence-corrected chi connectivity index (χ3v) is 5.11. The highest BCUT2D eigenvalue weighted by molar-refractivity contribution is 5.80. The van der Waals surface area contributed by atoms with Crippen molar-refractivity contribution in [2.45, 2.75) is 52.1 Å². The summed E-state index contributed by atoms with van der Waals surface area (Å²) in [7, 11) is 0. The lowest BCUT2D eigenvalue weighted by molar-refractivity contribution is -0.0106. The molecule has 3 heterocycles. The van der Waals surface area contributed by atoms with Crippen LogP contribution in [0.15, 0.2) is 4.99 Å². The molecule has 1 atom stereocenters. The Morgan fingerprint density at radius 3 is 2.96 bits per heavy atom. The van der Waals surface area contributed by atoms with Crippen LogP contribution in [-0.2, 0) is 17.7 Å². The fourth-order valence-corrected chi connectivity index (χ4v) is 3.48. The summed E-state index contributed by atoms with van der Waals surface area (Å²) in [5, 5.41) is 21.1. The minimum atomic E-state index is -0.149. The van der Waals surface area contributed by atoms with E-state index in [0.717, 1.165) is 56.4 Å². The Kier molecular flexibility index (Phi) is 5.90. The van der Waals surface area contributed by atoms with Gasteiger partial charge in [-0.05, 0) is 33.1 Å². The average Bonchev–Trinajstić information content (AvgIpc) is 3.00. The molecule has 25 heavy (non-hydrogen) atoms. The molecule has 0 saturated carbocycles. The number of hydrogen-bond acceptors (Lipinski definition) is 5. The first-order chi connectivity index (χ1) is 12.1.